The van der Waals surface area contributed by atoms with E-state index >= 15 is 0 Å². The Morgan fingerprint density at radius 3 is 1.88 bits per heavy atom. The first-order chi connectivity index (χ1) is 12.0. The first-order valence-corrected chi connectivity index (χ1v) is 8.85. The summed E-state index contributed by atoms with van der Waals surface area (Å²) in [5.41, 5.74) is 2.60. The standard InChI is InChI=1S/C22H28N2O2/c1-21(2,3)17-13-16(14-18(20(17)26)22(4,5)6)23-24-19(25)12-15-10-8-7-9-11-15/h7-11,13-14,26H,12H2,1-6H3. The average molecular weight is 352 g/mol. The molecule has 2 aromatic rings. The first-order valence-electron chi connectivity index (χ1n) is 8.85. The predicted molar refractivity (Wildman–Crippen MR) is 105 cm³/mol. The van der Waals surface area contributed by atoms with Crippen LogP contribution in [-0.4, -0.2) is 11.0 Å². The van der Waals surface area contributed by atoms with Crippen molar-refractivity contribution >= 4 is 11.6 Å². The van der Waals surface area contributed by atoms with E-state index in [-0.39, 0.29) is 23.2 Å². The van der Waals surface area contributed by atoms with Gasteiger partial charge in [-0.15, -0.1) is 10.2 Å². The van der Waals surface area contributed by atoms with E-state index in [1.165, 1.54) is 0 Å². The number of aromatic hydroxyl groups is 1. The van der Waals surface area contributed by atoms with Crippen LogP contribution in [0, 0.1) is 0 Å². The van der Waals surface area contributed by atoms with E-state index in [0.717, 1.165) is 16.7 Å². The van der Waals surface area contributed by atoms with Gasteiger partial charge in [-0.2, -0.15) is 0 Å². The number of azo groups is 1. The number of hydrogen-bond donors (Lipinski definition) is 1. The van der Waals surface area contributed by atoms with Crippen LogP contribution in [0.5, 0.6) is 5.75 Å². The molecule has 0 atom stereocenters. The van der Waals surface area contributed by atoms with E-state index < -0.39 is 0 Å². The van der Waals surface area contributed by atoms with Crippen LogP contribution >= 0.6 is 0 Å². The smallest absolute Gasteiger partial charge is 0.269 e. The number of amides is 1. The van der Waals surface area contributed by atoms with Crippen molar-refractivity contribution in [3.8, 4) is 5.75 Å². The van der Waals surface area contributed by atoms with E-state index in [4.69, 9.17) is 0 Å². The monoisotopic (exact) mass is 352 g/mol. The molecule has 0 fully saturated rings. The minimum absolute atomic E-state index is 0.223. The number of rotatable bonds is 3. The summed E-state index contributed by atoms with van der Waals surface area (Å²) >= 11 is 0. The highest BCUT2D eigenvalue weighted by Gasteiger charge is 2.26. The molecule has 0 bridgehead atoms. The number of carbonyl (C=O) groups is 1. The van der Waals surface area contributed by atoms with E-state index in [0.29, 0.717) is 11.4 Å². The Bertz CT molecular complexity index is 775. The second kappa shape index (κ2) is 7.40. The van der Waals surface area contributed by atoms with Crippen molar-refractivity contribution in [2.75, 3.05) is 0 Å². The van der Waals surface area contributed by atoms with Crippen molar-refractivity contribution in [1.29, 1.82) is 0 Å². The van der Waals surface area contributed by atoms with Crippen LogP contribution in [0.3, 0.4) is 0 Å². The molecule has 0 heterocycles. The maximum Gasteiger partial charge on any atom is 0.269 e. The van der Waals surface area contributed by atoms with Crippen LogP contribution in [0.4, 0.5) is 5.69 Å². The molecule has 138 valence electrons. The number of hydrogen-bond acceptors (Lipinski definition) is 3. The largest absolute Gasteiger partial charge is 0.507 e. The molecule has 2 aromatic carbocycles. The van der Waals surface area contributed by atoms with Gasteiger partial charge in [0, 0.05) is 11.1 Å². The third-order valence-corrected chi connectivity index (χ3v) is 4.19. The molecule has 0 saturated heterocycles. The van der Waals surface area contributed by atoms with Gasteiger partial charge in [0.1, 0.15) is 5.75 Å². The van der Waals surface area contributed by atoms with Crippen molar-refractivity contribution in [3.05, 3.63) is 59.2 Å². The molecule has 0 spiro atoms. The Kier molecular flexibility index (Phi) is 5.65. The highest BCUT2D eigenvalue weighted by atomic mass is 16.3. The van der Waals surface area contributed by atoms with Crippen molar-refractivity contribution < 1.29 is 9.90 Å². The van der Waals surface area contributed by atoms with Gasteiger partial charge in [0.05, 0.1) is 12.1 Å². The molecule has 0 radical (unpaired) electrons. The number of phenols is 1. The molecular formula is C22H28N2O2. The van der Waals surface area contributed by atoms with E-state index in [9.17, 15) is 9.90 Å². The van der Waals surface area contributed by atoms with Crippen molar-refractivity contribution in [2.24, 2.45) is 10.2 Å². The fraction of sp³-hybridized carbons (Fsp3) is 0.409. The van der Waals surface area contributed by atoms with Gasteiger partial charge >= 0.3 is 0 Å². The maximum atomic E-state index is 12.1. The summed E-state index contributed by atoms with van der Waals surface area (Å²) in [5, 5.41) is 18.7. The van der Waals surface area contributed by atoms with E-state index in [2.05, 4.69) is 10.2 Å². The summed E-state index contributed by atoms with van der Waals surface area (Å²) in [6.45, 7) is 12.2. The molecule has 0 aliphatic carbocycles. The van der Waals surface area contributed by atoms with Crippen LogP contribution in [-0.2, 0) is 22.0 Å². The topological polar surface area (TPSA) is 62.0 Å². The third-order valence-electron chi connectivity index (χ3n) is 4.19. The molecule has 4 nitrogen and oxygen atoms in total. The lowest BCUT2D eigenvalue weighted by Gasteiger charge is -2.27. The van der Waals surface area contributed by atoms with Gasteiger partial charge in [-0.1, -0.05) is 71.9 Å². The summed E-state index contributed by atoms with van der Waals surface area (Å²) in [6.07, 6.45) is 0.223. The lowest BCUT2D eigenvalue weighted by molar-refractivity contribution is -0.117. The highest BCUT2D eigenvalue weighted by Crippen LogP contribution is 2.41. The number of nitrogens with zero attached hydrogens (tertiary/aromatic N) is 2. The molecular weight excluding hydrogens is 324 g/mol. The van der Waals surface area contributed by atoms with E-state index in [1.807, 2.05) is 84.0 Å². The number of benzene rings is 2. The summed E-state index contributed by atoms with van der Waals surface area (Å²) < 4.78 is 0. The molecule has 0 saturated carbocycles. The zero-order valence-electron chi connectivity index (χ0n) is 16.5. The second-order valence-electron chi connectivity index (χ2n) is 8.65. The molecule has 1 amide bonds. The van der Waals surface area contributed by atoms with Crippen LogP contribution in [0.1, 0.15) is 58.2 Å². The minimum Gasteiger partial charge on any atom is -0.507 e. The number of carbonyl (C=O) groups excluding carboxylic acids is 1. The molecule has 0 unspecified atom stereocenters. The van der Waals surface area contributed by atoms with Gasteiger partial charge < -0.3 is 5.11 Å². The quantitative estimate of drug-likeness (QED) is 0.705. The van der Waals surface area contributed by atoms with Crippen molar-refractivity contribution in [3.63, 3.8) is 0 Å². The second-order valence-corrected chi connectivity index (χ2v) is 8.65. The Hall–Kier alpha value is -2.49. The molecule has 26 heavy (non-hydrogen) atoms. The van der Waals surface area contributed by atoms with Crippen molar-refractivity contribution in [2.45, 2.75) is 58.8 Å². The average Bonchev–Trinajstić information content (AvgIpc) is 2.52. The third kappa shape index (κ3) is 5.01. The van der Waals surface area contributed by atoms with Crippen LogP contribution < -0.4 is 0 Å². The van der Waals surface area contributed by atoms with Crippen LogP contribution in [0.2, 0.25) is 0 Å². The van der Waals surface area contributed by atoms with E-state index in [1.54, 1.807) is 0 Å². The molecule has 0 aliphatic heterocycles. The molecule has 0 aliphatic rings. The minimum atomic E-state index is -0.293. The van der Waals surface area contributed by atoms with Gasteiger partial charge in [0.15, 0.2) is 0 Å². The Balaban J connectivity index is 2.35. The lowest BCUT2D eigenvalue weighted by atomic mass is 9.79. The molecule has 4 heteroatoms. The van der Waals surface area contributed by atoms with Gasteiger partial charge in [0.25, 0.3) is 5.91 Å². The Morgan fingerprint density at radius 1 is 0.923 bits per heavy atom. The zero-order valence-corrected chi connectivity index (χ0v) is 16.5. The zero-order chi connectivity index (χ0) is 19.5. The van der Waals surface area contributed by atoms with Gasteiger partial charge in [-0.25, -0.2) is 0 Å². The van der Waals surface area contributed by atoms with Crippen LogP contribution in [0.15, 0.2) is 52.7 Å². The van der Waals surface area contributed by atoms with Gasteiger partial charge in [-0.3, -0.25) is 4.79 Å². The summed E-state index contributed by atoms with van der Waals surface area (Å²) in [5.74, 6) is -0.00143. The Labute approximate surface area is 156 Å². The summed E-state index contributed by atoms with van der Waals surface area (Å²) in [7, 11) is 0. The maximum absolute atomic E-state index is 12.1. The van der Waals surface area contributed by atoms with Crippen LogP contribution in [0.25, 0.3) is 0 Å². The highest BCUT2D eigenvalue weighted by molar-refractivity contribution is 5.79. The molecule has 0 aromatic heterocycles. The fourth-order valence-corrected chi connectivity index (χ4v) is 2.74. The normalized spacial score (nSPS) is 12.5. The SMILES string of the molecule is CC(C)(C)c1cc(N=NC(=O)Cc2ccccc2)cc(C(C)(C)C)c1O. The Morgan fingerprint density at radius 2 is 1.42 bits per heavy atom. The molecule has 1 N–H and O–H groups in total. The summed E-state index contributed by atoms with van der Waals surface area (Å²) in [4.78, 5) is 12.1. The number of phenolic OH excluding ortho intramolecular Hbond substituents is 1. The summed E-state index contributed by atoms with van der Waals surface area (Å²) in [6, 6.07) is 13.1. The predicted octanol–water partition coefficient (Wildman–Crippen LogP) is 5.84. The first kappa shape index (κ1) is 19.8. The van der Waals surface area contributed by atoms with Crippen molar-refractivity contribution in [1.82, 2.24) is 0 Å². The lowest BCUT2D eigenvalue weighted by Crippen LogP contribution is -2.16. The fourth-order valence-electron chi connectivity index (χ4n) is 2.74. The van der Waals surface area contributed by atoms with Gasteiger partial charge in [0.2, 0.25) is 0 Å². The molecule has 2 rings (SSSR count). The van der Waals surface area contributed by atoms with Gasteiger partial charge in [-0.05, 0) is 28.5 Å².